The fourth-order valence-electron chi connectivity index (χ4n) is 3.31. The molecule has 1 fully saturated rings. The number of carbonyl (C=O) groups is 2. The molecule has 27 heavy (non-hydrogen) atoms. The van der Waals surface area contributed by atoms with Gasteiger partial charge in [0.2, 0.25) is 15.9 Å². The summed E-state index contributed by atoms with van der Waals surface area (Å²) in [4.78, 5) is 26.2. The highest BCUT2D eigenvalue weighted by Crippen LogP contribution is 2.24. The Labute approximate surface area is 161 Å². The first-order valence-corrected chi connectivity index (χ1v) is 11.0. The third kappa shape index (κ3) is 5.45. The van der Waals surface area contributed by atoms with Gasteiger partial charge in [-0.15, -0.1) is 0 Å². The fraction of sp³-hybridized carbons (Fsp3) is 0.579. The van der Waals surface area contributed by atoms with Gasteiger partial charge in [-0.1, -0.05) is 17.7 Å². The predicted octanol–water partition coefficient (Wildman–Crippen LogP) is 1.87. The van der Waals surface area contributed by atoms with E-state index in [-0.39, 0.29) is 24.3 Å². The summed E-state index contributed by atoms with van der Waals surface area (Å²) in [5, 5.41) is 0. The number of rotatable bonds is 6. The largest absolute Gasteiger partial charge is 0.466 e. The maximum atomic E-state index is 12.7. The Balaban J connectivity index is 2.08. The number of carbonyl (C=O) groups excluding carboxylic acids is 2. The van der Waals surface area contributed by atoms with E-state index in [4.69, 9.17) is 4.74 Å². The number of anilines is 1. The molecule has 7 nitrogen and oxygen atoms in total. The van der Waals surface area contributed by atoms with Crippen LogP contribution in [0.4, 0.5) is 5.69 Å². The van der Waals surface area contributed by atoms with Crippen LogP contribution >= 0.6 is 0 Å². The van der Waals surface area contributed by atoms with Crippen LogP contribution in [-0.4, -0.2) is 57.7 Å². The average molecular weight is 397 g/mol. The number of amides is 1. The van der Waals surface area contributed by atoms with Crippen molar-refractivity contribution in [2.75, 3.05) is 36.8 Å². The molecule has 150 valence electrons. The van der Waals surface area contributed by atoms with Gasteiger partial charge in [0.25, 0.3) is 0 Å². The van der Waals surface area contributed by atoms with Gasteiger partial charge in [0.1, 0.15) is 6.54 Å². The van der Waals surface area contributed by atoms with Crippen LogP contribution in [-0.2, 0) is 24.3 Å². The third-order valence-electron chi connectivity index (χ3n) is 4.77. The Morgan fingerprint density at radius 1 is 1.22 bits per heavy atom. The van der Waals surface area contributed by atoms with Crippen LogP contribution in [0.2, 0.25) is 0 Å². The van der Waals surface area contributed by atoms with E-state index in [2.05, 4.69) is 0 Å². The number of benzene rings is 1. The number of hydrogen-bond acceptors (Lipinski definition) is 5. The molecule has 0 aliphatic carbocycles. The second kappa shape index (κ2) is 8.73. The van der Waals surface area contributed by atoms with E-state index in [1.54, 1.807) is 17.9 Å². The Bertz CT molecular complexity index is 798. The molecule has 2 rings (SSSR count). The van der Waals surface area contributed by atoms with Crippen molar-refractivity contribution in [3.8, 4) is 0 Å². The SMILES string of the molecule is CCOC(=O)C1CCN(C(=O)CN(c2ccc(C)cc2C)S(C)(=O)=O)CC1. The van der Waals surface area contributed by atoms with Crippen LogP contribution in [0.15, 0.2) is 18.2 Å². The zero-order valence-electron chi connectivity index (χ0n) is 16.4. The topological polar surface area (TPSA) is 84.0 Å². The summed E-state index contributed by atoms with van der Waals surface area (Å²) >= 11 is 0. The van der Waals surface area contributed by atoms with Crippen molar-refractivity contribution in [2.45, 2.75) is 33.6 Å². The van der Waals surface area contributed by atoms with Gasteiger partial charge in [-0.25, -0.2) is 8.42 Å². The van der Waals surface area contributed by atoms with E-state index in [0.29, 0.717) is 38.2 Å². The van der Waals surface area contributed by atoms with Gasteiger partial charge in [0, 0.05) is 13.1 Å². The molecular formula is C19H28N2O5S. The molecule has 1 aliphatic heterocycles. The van der Waals surface area contributed by atoms with Crippen molar-refractivity contribution in [1.29, 1.82) is 0 Å². The molecular weight excluding hydrogens is 368 g/mol. The van der Waals surface area contributed by atoms with Gasteiger partial charge in [0.05, 0.1) is 24.5 Å². The normalized spacial score (nSPS) is 15.5. The molecule has 1 heterocycles. The van der Waals surface area contributed by atoms with Gasteiger partial charge in [0.15, 0.2) is 0 Å². The molecule has 0 spiro atoms. The smallest absolute Gasteiger partial charge is 0.309 e. The number of likely N-dealkylation sites (tertiary alicyclic amines) is 1. The minimum atomic E-state index is -3.61. The molecule has 1 aromatic rings. The first kappa shape index (κ1) is 21.2. The Morgan fingerprint density at radius 3 is 2.37 bits per heavy atom. The second-order valence-corrected chi connectivity index (χ2v) is 8.87. The van der Waals surface area contributed by atoms with Crippen molar-refractivity contribution in [3.05, 3.63) is 29.3 Å². The fourth-order valence-corrected chi connectivity index (χ4v) is 4.22. The summed E-state index contributed by atoms with van der Waals surface area (Å²) in [7, 11) is -3.61. The van der Waals surface area contributed by atoms with Crippen LogP contribution in [0, 0.1) is 19.8 Å². The molecule has 1 amide bonds. The Kier molecular flexibility index (Phi) is 6.86. The summed E-state index contributed by atoms with van der Waals surface area (Å²) in [6.07, 6.45) is 2.17. The number of esters is 1. The maximum Gasteiger partial charge on any atom is 0.309 e. The monoisotopic (exact) mass is 396 g/mol. The average Bonchev–Trinajstić information content (AvgIpc) is 2.59. The number of sulfonamides is 1. The van der Waals surface area contributed by atoms with Crippen molar-refractivity contribution in [2.24, 2.45) is 5.92 Å². The molecule has 1 saturated heterocycles. The predicted molar refractivity (Wildman–Crippen MR) is 104 cm³/mol. The van der Waals surface area contributed by atoms with E-state index in [9.17, 15) is 18.0 Å². The molecule has 0 atom stereocenters. The number of aryl methyl sites for hydroxylation is 2. The Hall–Kier alpha value is -2.09. The number of nitrogens with zero attached hydrogens (tertiary/aromatic N) is 2. The summed E-state index contributed by atoms with van der Waals surface area (Å²) in [6.45, 7) is 6.48. The summed E-state index contributed by atoms with van der Waals surface area (Å²) in [5.41, 5.74) is 2.34. The molecule has 0 bridgehead atoms. The lowest BCUT2D eigenvalue weighted by molar-refractivity contribution is -0.151. The quantitative estimate of drug-likeness (QED) is 0.686. The van der Waals surface area contributed by atoms with Crippen LogP contribution < -0.4 is 4.31 Å². The number of piperidine rings is 1. The van der Waals surface area contributed by atoms with E-state index in [1.165, 1.54) is 0 Å². The van der Waals surface area contributed by atoms with Crippen LogP contribution in [0.1, 0.15) is 30.9 Å². The van der Waals surface area contributed by atoms with Crippen LogP contribution in [0.25, 0.3) is 0 Å². The van der Waals surface area contributed by atoms with Gasteiger partial charge in [-0.2, -0.15) is 0 Å². The molecule has 1 aromatic carbocycles. The molecule has 8 heteroatoms. The van der Waals surface area contributed by atoms with Gasteiger partial charge < -0.3 is 9.64 Å². The zero-order chi connectivity index (χ0) is 20.2. The van der Waals surface area contributed by atoms with E-state index in [0.717, 1.165) is 21.7 Å². The first-order chi connectivity index (χ1) is 12.6. The summed E-state index contributed by atoms with van der Waals surface area (Å²) in [5.74, 6) is -0.681. The molecule has 0 unspecified atom stereocenters. The minimum Gasteiger partial charge on any atom is -0.466 e. The van der Waals surface area contributed by atoms with Gasteiger partial charge in [-0.3, -0.25) is 13.9 Å². The van der Waals surface area contributed by atoms with Gasteiger partial charge in [-0.05, 0) is 45.2 Å². The molecule has 1 aliphatic rings. The third-order valence-corrected chi connectivity index (χ3v) is 5.89. The second-order valence-electron chi connectivity index (χ2n) is 6.97. The van der Waals surface area contributed by atoms with Crippen LogP contribution in [0.3, 0.4) is 0 Å². The number of ether oxygens (including phenoxy) is 1. The minimum absolute atomic E-state index is 0.195. The van der Waals surface area contributed by atoms with Crippen LogP contribution in [0.5, 0.6) is 0 Å². The highest BCUT2D eigenvalue weighted by Gasteiger charge is 2.30. The van der Waals surface area contributed by atoms with Crippen molar-refractivity contribution >= 4 is 27.6 Å². The van der Waals surface area contributed by atoms with E-state index in [1.807, 2.05) is 26.0 Å². The summed E-state index contributed by atoms with van der Waals surface area (Å²) < 4.78 is 30.8. The van der Waals surface area contributed by atoms with Crippen molar-refractivity contribution in [1.82, 2.24) is 4.90 Å². The Morgan fingerprint density at radius 2 is 1.85 bits per heavy atom. The highest BCUT2D eigenvalue weighted by atomic mass is 32.2. The number of hydrogen-bond donors (Lipinski definition) is 0. The van der Waals surface area contributed by atoms with Gasteiger partial charge >= 0.3 is 5.97 Å². The lowest BCUT2D eigenvalue weighted by Gasteiger charge is -2.33. The van der Waals surface area contributed by atoms with E-state index < -0.39 is 10.0 Å². The van der Waals surface area contributed by atoms with E-state index >= 15 is 0 Å². The van der Waals surface area contributed by atoms with Crippen molar-refractivity contribution in [3.63, 3.8) is 0 Å². The summed E-state index contributed by atoms with van der Waals surface area (Å²) in [6, 6.07) is 5.45. The molecule has 0 saturated carbocycles. The highest BCUT2D eigenvalue weighted by molar-refractivity contribution is 7.92. The maximum absolute atomic E-state index is 12.7. The zero-order valence-corrected chi connectivity index (χ0v) is 17.2. The lowest BCUT2D eigenvalue weighted by Crippen LogP contribution is -2.46. The lowest BCUT2D eigenvalue weighted by atomic mass is 9.97. The standard InChI is InChI=1S/C19H28N2O5S/c1-5-26-19(23)16-8-10-20(11-9-16)18(22)13-21(27(4,24)25)17-7-6-14(2)12-15(17)3/h6-7,12,16H,5,8-11,13H2,1-4H3. The first-order valence-electron chi connectivity index (χ1n) is 9.12. The molecule has 0 radical (unpaired) electrons. The molecule has 0 N–H and O–H groups in total. The molecule has 0 aromatic heterocycles. The van der Waals surface area contributed by atoms with Crippen molar-refractivity contribution < 1.29 is 22.7 Å².